The van der Waals surface area contributed by atoms with E-state index in [0.717, 1.165) is 18.0 Å². The number of anilines is 3. The standard InChI is InChI=1S/C23H22N2OS/c1-4-24-15(2)25(18-10-6-7-11-20(18)26-3)22-19(24)14-13-17-16-9-5-8-12-21(16)27-23(17)22/h5-15H,4H2,1-3H3/t15-/m0/s1. The van der Waals surface area contributed by atoms with Crippen LogP contribution >= 0.6 is 11.3 Å². The highest BCUT2D eigenvalue weighted by Gasteiger charge is 2.36. The quantitative estimate of drug-likeness (QED) is 0.413. The van der Waals surface area contributed by atoms with Crippen molar-refractivity contribution < 1.29 is 4.74 Å². The van der Waals surface area contributed by atoms with Crippen LogP contribution < -0.4 is 14.5 Å². The minimum atomic E-state index is 0.233. The van der Waals surface area contributed by atoms with E-state index in [9.17, 15) is 0 Å². The predicted octanol–water partition coefficient (Wildman–Crippen LogP) is 6.39. The fourth-order valence-electron chi connectivity index (χ4n) is 4.34. The third-order valence-corrected chi connectivity index (χ3v) is 6.75. The number of methoxy groups -OCH3 is 1. The summed E-state index contributed by atoms with van der Waals surface area (Å²) in [4.78, 5) is 4.90. The number of thiophene rings is 1. The molecule has 0 aliphatic carbocycles. The second-order valence-corrected chi connectivity index (χ2v) is 7.92. The lowest BCUT2D eigenvalue weighted by Crippen LogP contribution is -2.38. The minimum Gasteiger partial charge on any atom is -0.495 e. The molecule has 5 rings (SSSR count). The molecular weight excluding hydrogens is 352 g/mol. The average molecular weight is 375 g/mol. The van der Waals surface area contributed by atoms with Crippen LogP contribution in [0.15, 0.2) is 60.7 Å². The summed E-state index contributed by atoms with van der Waals surface area (Å²) >= 11 is 1.88. The van der Waals surface area contributed by atoms with Gasteiger partial charge in [0.25, 0.3) is 0 Å². The molecule has 3 aromatic carbocycles. The summed E-state index contributed by atoms with van der Waals surface area (Å²) in [5, 5.41) is 2.67. The molecule has 0 saturated carbocycles. The van der Waals surface area contributed by atoms with Crippen LogP contribution in [0.1, 0.15) is 13.8 Å². The number of fused-ring (bicyclic) bond motifs is 5. The smallest absolute Gasteiger partial charge is 0.142 e. The van der Waals surface area contributed by atoms with Crippen molar-refractivity contribution in [3.05, 3.63) is 60.7 Å². The van der Waals surface area contributed by atoms with Crippen LogP contribution in [0, 0.1) is 0 Å². The molecule has 0 unspecified atom stereocenters. The van der Waals surface area contributed by atoms with E-state index in [1.54, 1.807) is 7.11 Å². The molecule has 1 atom stereocenters. The van der Waals surface area contributed by atoms with Gasteiger partial charge < -0.3 is 14.5 Å². The number of ether oxygens (including phenoxy) is 1. The molecule has 3 nitrogen and oxygen atoms in total. The maximum Gasteiger partial charge on any atom is 0.142 e. The summed E-state index contributed by atoms with van der Waals surface area (Å²) in [5.41, 5.74) is 3.72. The van der Waals surface area contributed by atoms with Crippen LogP contribution in [-0.4, -0.2) is 19.8 Å². The van der Waals surface area contributed by atoms with E-state index in [0.29, 0.717) is 0 Å². The van der Waals surface area contributed by atoms with E-state index in [4.69, 9.17) is 4.74 Å². The lowest BCUT2D eigenvalue weighted by Gasteiger charge is -2.30. The lowest BCUT2D eigenvalue weighted by atomic mass is 10.1. The van der Waals surface area contributed by atoms with Gasteiger partial charge in [-0.1, -0.05) is 36.4 Å². The molecule has 136 valence electrons. The summed E-state index contributed by atoms with van der Waals surface area (Å²) in [6.45, 7) is 5.46. The van der Waals surface area contributed by atoms with E-state index in [1.807, 2.05) is 23.5 Å². The first-order valence-electron chi connectivity index (χ1n) is 9.37. The molecule has 0 spiro atoms. The van der Waals surface area contributed by atoms with Crippen LogP contribution in [0.2, 0.25) is 0 Å². The second kappa shape index (κ2) is 6.17. The first-order chi connectivity index (χ1) is 13.2. The monoisotopic (exact) mass is 374 g/mol. The Balaban J connectivity index is 1.85. The third-order valence-electron chi connectivity index (χ3n) is 5.56. The maximum absolute atomic E-state index is 5.70. The lowest BCUT2D eigenvalue weighted by molar-refractivity contribution is 0.414. The largest absolute Gasteiger partial charge is 0.495 e. The Labute approximate surface area is 163 Å². The summed E-state index contributed by atoms with van der Waals surface area (Å²) < 4.78 is 8.39. The molecule has 0 amide bonds. The number of nitrogens with zero attached hydrogens (tertiary/aromatic N) is 2. The van der Waals surface area contributed by atoms with Gasteiger partial charge >= 0.3 is 0 Å². The minimum absolute atomic E-state index is 0.233. The molecule has 0 radical (unpaired) electrons. The van der Waals surface area contributed by atoms with Gasteiger partial charge in [-0.05, 0) is 38.1 Å². The number of para-hydroxylation sites is 2. The Bertz CT molecular complexity index is 1150. The molecule has 1 aliphatic rings. The zero-order valence-corrected chi connectivity index (χ0v) is 16.6. The molecule has 1 aromatic heterocycles. The van der Waals surface area contributed by atoms with Gasteiger partial charge in [0.15, 0.2) is 0 Å². The summed E-state index contributed by atoms with van der Waals surface area (Å²) in [6, 6.07) is 21.6. The van der Waals surface area contributed by atoms with Crippen LogP contribution in [0.3, 0.4) is 0 Å². The van der Waals surface area contributed by atoms with Crippen molar-refractivity contribution in [3.63, 3.8) is 0 Å². The zero-order valence-electron chi connectivity index (χ0n) is 15.8. The molecule has 27 heavy (non-hydrogen) atoms. The number of rotatable bonds is 3. The van der Waals surface area contributed by atoms with Gasteiger partial charge in [0.1, 0.15) is 11.9 Å². The molecular formula is C23H22N2OS. The number of benzene rings is 3. The van der Waals surface area contributed by atoms with E-state index in [-0.39, 0.29) is 6.17 Å². The normalized spacial score (nSPS) is 16.3. The van der Waals surface area contributed by atoms with E-state index >= 15 is 0 Å². The highest BCUT2D eigenvalue weighted by atomic mass is 32.1. The molecule has 2 heterocycles. The SMILES string of the molecule is CCN1c2ccc3c(sc4ccccc43)c2N(c2ccccc2OC)[C@H]1C. The summed E-state index contributed by atoms with van der Waals surface area (Å²) in [7, 11) is 1.75. The van der Waals surface area contributed by atoms with Crippen molar-refractivity contribution in [2.75, 3.05) is 23.5 Å². The topological polar surface area (TPSA) is 15.7 Å². The highest BCUT2D eigenvalue weighted by molar-refractivity contribution is 7.26. The van der Waals surface area contributed by atoms with Crippen LogP contribution in [0.5, 0.6) is 5.75 Å². The highest BCUT2D eigenvalue weighted by Crippen LogP contribution is 2.53. The van der Waals surface area contributed by atoms with Gasteiger partial charge in [0, 0.05) is 22.0 Å². The van der Waals surface area contributed by atoms with Gasteiger partial charge in [-0.2, -0.15) is 0 Å². The van der Waals surface area contributed by atoms with Crippen LogP contribution in [0.25, 0.3) is 20.2 Å². The first-order valence-corrected chi connectivity index (χ1v) is 10.2. The zero-order chi connectivity index (χ0) is 18.5. The van der Waals surface area contributed by atoms with E-state index in [2.05, 4.69) is 72.2 Å². The van der Waals surface area contributed by atoms with Crippen molar-refractivity contribution >= 4 is 48.6 Å². The van der Waals surface area contributed by atoms with Crippen LogP contribution in [0.4, 0.5) is 17.1 Å². The van der Waals surface area contributed by atoms with E-state index < -0.39 is 0 Å². The number of hydrogen-bond acceptors (Lipinski definition) is 4. The maximum atomic E-state index is 5.70. The van der Waals surface area contributed by atoms with Crippen molar-refractivity contribution in [3.8, 4) is 5.75 Å². The molecule has 0 N–H and O–H groups in total. The molecule has 0 saturated heterocycles. The molecule has 1 aliphatic heterocycles. The van der Waals surface area contributed by atoms with Crippen molar-refractivity contribution in [2.45, 2.75) is 20.0 Å². The van der Waals surface area contributed by atoms with Gasteiger partial charge in [-0.15, -0.1) is 11.3 Å². The Morgan fingerprint density at radius 1 is 0.926 bits per heavy atom. The second-order valence-electron chi connectivity index (χ2n) is 6.87. The molecule has 0 bridgehead atoms. The Kier molecular flexibility index (Phi) is 3.76. The van der Waals surface area contributed by atoms with Gasteiger partial charge in [0.05, 0.1) is 28.9 Å². The van der Waals surface area contributed by atoms with Gasteiger partial charge in [0.2, 0.25) is 0 Å². The third kappa shape index (κ3) is 2.26. The molecule has 0 fully saturated rings. The fourth-order valence-corrected chi connectivity index (χ4v) is 5.58. The Morgan fingerprint density at radius 3 is 2.52 bits per heavy atom. The van der Waals surface area contributed by atoms with Gasteiger partial charge in [-0.25, -0.2) is 0 Å². The molecule has 4 heteroatoms. The predicted molar refractivity (Wildman–Crippen MR) is 117 cm³/mol. The van der Waals surface area contributed by atoms with Crippen LogP contribution in [-0.2, 0) is 0 Å². The summed E-state index contributed by atoms with van der Waals surface area (Å²) in [5.74, 6) is 0.909. The number of hydrogen-bond donors (Lipinski definition) is 0. The van der Waals surface area contributed by atoms with Crippen molar-refractivity contribution in [1.29, 1.82) is 0 Å². The average Bonchev–Trinajstić information content (AvgIpc) is 3.22. The van der Waals surface area contributed by atoms with Crippen molar-refractivity contribution in [1.82, 2.24) is 0 Å². The molecule has 4 aromatic rings. The van der Waals surface area contributed by atoms with Crippen molar-refractivity contribution in [2.24, 2.45) is 0 Å². The van der Waals surface area contributed by atoms with E-state index in [1.165, 1.54) is 31.5 Å². The van der Waals surface area contributed by atoms with Gasteiger partial charge in [-0.3, -0.25) is 0 Å². The Hall–Kier alpha value is -2.72. The Morgan fingerprint density at radius 2 is 1.70 bits per heavy atom. The first kappa shape index (κ1) is 16.5. The summed E-state index contributed by atoms with van der Waals surface area (Å²) in [6.07, 6.45) is 0.233. The fraction of sp³-hybridized carbons (Fsp3) is 0.217.